The zero-order valence-electron chi connectivity index (χ0n) is 14.7. The molecule has 0 bridgehead atoms. The van der Waals surface area contributed by atoms with Crippen LogP contribution in [-0.4, -0.2) is 46.7 Å². The van der Waals surface area contributed by atoms with Gasteiger partial charge in [0.25, 0.3) is 11.8 Å². The first-order valence-corrected chi connectivity index (χ1v) is 8.95. The molecular weight excluding hydrogens is 415 g/mol. The minimum atomic E-state index is -4.94. The molecule has 12 heteroatoms. The Morgan fingerprint density at radius 2 is 1.76 bits per heavy atom. The van der Waals surface area contributed by atoms with Gasteiger partial charge in [-0.15, -0.1) is 0 Å². The molecule has 0 aliphatic carbocycles. The van der Waals surface area contributed by atoms with E-state index in [1.54, 1.807) is 12.1 Å². The smallest absolute Gasteiger partial charge is 0.435 e. The average molecular weight is 427 g/mol. The van der Waals surface area contributed by atoms with Crippen molar-refractivity contribution in [3.05, 3.63) is 46.0 Å². The molecule has 0 saturated carbocycles. The molecule has 0 spiro atoms. The van der Waals surface area contributed by atoms with E-state index in [1.807, 2.05) is 0 Å². The van der Waals surface area contributed by atoms with Gasteiger partial charge in [0.05, 0.1) is 17.7 Å². The predicted octanol–water partition coefficient (Wildman–Crippen LogP) is 2.57. The predicted molar refractivity (Wildman–Crippen MR) is 93.5 cm³/mol. The summed E-state index contributed by atoms with van der Waals surface area (Å²) in [4.78, 5) is 51.5. The van der Waals surface area contributed by atoms with Crippen molar-refractivity contribution in [2.75, 3.05) is 18.5 Å². The fraction of sp³-hybridized carbons (Fsp3) is 0.235. The number of alkyl halides is 3. The second-order valence-electron chi connectivity index (χ2n) is 5.71. The highest BCUT2D eigenvalue weighted by Crippen LogP contribution is 2.36. The first-order chi connectivity index (χ1) is 13.6. The van der Waals surface area contributed by atoms with Crippen molar-refractivity contribution in [2.24, 2.45) is 0 Å². The van der Waals surface area contributed by atoms with Crippen LogP contribution >= 0.6 is 11.3 Å². The zero-order chi connectivity index (χ0) is 21.3. The summed E-state index contributed by atoms with van der Waals surface area (Å²) < 4.78 is 43.9. The van der Waals surface area contributed by atoms with Gasteiger partial charge < -0.3 is 10.1 Å². The van der Waals surface area contributed by atoms with Crippen LogP contribution in [0.3, 0.4) is 0 Å². The maximum Gasteiger partial charge on any atom is 0.435 e. The van der Waals surface area contributed by atoms with Crippen molar-refractivity contribution in [3.8, 4) is 0 Å². The van der Waals surface area contributed by atoms with E-state index in [4.69, 9.17) is 0 Å². The minimum Gasteiger partial charge on any atom is -0.462 e. The molecule has 2 heterocycles. The van der Waals surface area contributed by atoms with E-state index in [0.717, 1.165) is 0 Å². The van der Waals surface area contributed by atoms with Crippen LogP contribution in [0.2, 0.25) is 0 Å². The number of imide groups is 1. The number of amides is 3. The Bertz CT molecular complexity index is 983. The Labute approximate surface area is 165 Å². The quantitative estimate of drug-likeness (QED) is 0.581. The van der Waals surface area contributed by atoms with Crippen LogP contribution in [0.4, 0.5) is 18.3 Å². The highest BCUT2D eigenvalue weighted by atomic mass is 32.1. The molecule has 2 aromatic rings. The van der Waals surface area contributed by atoms with Gasteiger partial charge in [-0.05, 0) is 19.1 Å². The third-order valence-electron chi connectivity index (χ3n) is 3.78. The van der Waals surface area contributed by atoms with Crippen LogP contribution in [0, 0.1) is 0 Å². The minimum absolute atomic E-state index is 0.128. The van der Waals surface area contributed by atoms with E-state index in [0.29, 0.717) is 4.90 Å². The lowest BCUT2D eigenvalue weighted by Gasteiger charge is -2.12. The molecule has 0 unspecified atom stereocenters. The first-order valence-electron chi connectivity index (χ1n) is 8.13. The fourth-order valence-corrected chi connectivity index (χ4v) is 3.48. The molecule has 0 fully saturated rings. The van der Waals surface area contributed by atoms with Gasteiger partial charge >= 0.3 is 12.1 Å². The monoisotopic (exact) mass is 427 g/mol. The lowest BCUT2D eigenvalue weighted by Crippen LogP contribution is -2.37. The van der Waals surface area contributed by atoms with Crippen LogP contribution in [-0.2, 0) is 15.7 Å². The third-order valence-corrected chi connectivity index (χ3v) is 4.73. The number of benzene rings is 1. The number of fused-ring (bicyclic) bond motifs is 1. The summed E-state index contributed by atoms with van der Waals surface area (Å²) >= 11 is 0.284. The van der Waals surface area contributed by atoms with Crippen molar-refractivity contribution in [2.45, 2.75) is 13.1 Å². The molecule has 1 aromatic carbocycles. The van der Waals surface area contributed by atoms with Crippen LogP contribution in [0.15, 0.2) is 24.3 Å². The second kappa shape index (κ2) is 7.62. The molecule has 0 saturated heterocycles. The molecule has 3 rings (SSSR count). The van der Waals surface area contributed by atoms with Crippen molar-refractivity contribution in [3.63, 3.8) is 0 Å². The summed E-state index contributed by atoms with van der Waals surface area (Å²) in [5.41, 5.74) is -1.23. The number of nitrogens with zero attached hydrogens (tertiary/aromatic N) is 2. The maximum absolute atomic E-state index is 13.1. The second-order valence-corrected chi connectivity index (χ2v) is 6.70. The SMILES string of the molecule is CCOC(=O)c1sc(NC(=O)CN2C(=O)c3ccccc3C2=O)nc1C(F)(F)F. The number of hydrogen-bond donors (Lipinski definition) is 1. The molecule has 152 valence electrons. The topological polar surface area (TPSA) is 106 Å². The third kappa shape index (κ3) is 3.97. The van der Waals surface area contributed by atoms with Crippen LogP contribution in [0.1, 0.15) is 43.0 Å². The number of ether oxygens (including phenoxy) is 1. The molecule has 1 aliphatic heterocycles. The number of anilines is 1. The van der Waals surface area contributed by atoms with Crippen molar-refractivity contribution in [1.82, 2.24) is 9.88 Å². The van der Waals surface area contributed by atoms with E-state index in [1.165, 1.54) is 19.1 Å². The van der Waals surface area contributed by atoms with Crippen LogP contribution < -0.4 is 5.32 Å². The molecule has 0 radical (unpaired) electrons. The maximum atomic E-state index is 13.1. The molecule has 29 heavy (non-hydrogen) atoms. The Morgan fingerprint density at radius 1 is 1.17 bits per heavy atom. The summed E-state index contributed by atoms with van der Waals surface area (Å²) in [6.45, 7) is 0.564. The van der Waals surface area contributed by atoms with Gasteiger partial charge in [-0.2, -0.15) is 13.2 Å². The lowest BCUT2D eigenvalue weighted by atomic mass is 10.1. The van der Waals surface area contributed by atoms with Gasteiger partial charge in [-0.1, -0.05) is 23.5 Å². The van der Waals surface area contributed by atoms with Gasteiger partial charge in [0.1, 0.15) is 11.4 Å². The van der Waals surface area contributed by atoms with E-state index in [-0.39, 0.29) is 29.1 Å². The molecular formula is C17H12F3N3O5S. The van der Waals surface area contributed by atoms with Crippen LogP contribution in [0.25, 0.3) is 0 Å². The lowest BCUT2D eigenvalue weighted by molar-refractivity contribution is -0.141. The Hall–Kier alpha value is -3.28. The van der Waals surface area contributed by atoms with E-state index in [9.17, 15) is 32.3 Å². The van der Waals surface area contributed by atoms with E-state index < -0.39 is 52.1 Å². The number of nitrogens with one attached hydrogen (secondary N) is 1. The molecule has 1 aliphatic rings. The Morgan fingerprint density at radius 3 is 2.28 bits per heavy atom. The number of carbonyl (C=O) groups is 4. The van der Waals surface area contributed by atoms with E-state index in [2.05, 4.69) is 15.0 Å². The Kier molecular flexibility index (Phi) is 5.38. The van der Waals surface area contributed by atoms with Gasteiger partial charge in [0, 0.05) is 0 Å². The molecule has 3 amide bonds. The summed E-state index contributed by atoms with van der Waals surface area (Å²) in [6, 6.07) is 5.96. The number of carbonyl (C=O) groups excluding carboxylic acids is 4. The zero-order valence-corrected chi connectivity index (χ0v) is 15.5. The first kappa shape index (κ1) is 20.5. The highest BCUT2D eigenvalue weighted by molar-refractivity contribution is 7.17. The van der Waals surface area contributed by atoms with Crippen LogP contribution in [0.5, 0.6) is 0 Å². The van der Waals surface area contributed by atoms with Crippen molar-refractivity contribution in [1.29, 1.82) is 0 Å². The summed E-state index contributed by atoms with van der Waals surface area (Å²) in [6.07, 6.45) is -4.94. The summed E-state index contributed by atoms with van der Waals surface area (Å²) in [5.74, 6) is -3.55. The number of aromatic nitrogens is 1. The standard InChI is InChI=1S/C17H12F3N3O5S/c1-2-28-15(27)11-12(17(18,19)20)22-16(29-11)21-10(24)7-23-13(25)8-5-3-4-6-9(8)14(23)26/h3-6H,2,7H2,1H3,(H,21,22,24). The number of thiazole rings is 1. The largest absolute Gasteiger partial charge is 0.462 e. The average Bonchev–Trinajstić information content (AvgIpc) is 3.18. The molecule has 8 nitrogen and oxygen atoms in total. The van der Waals surface area contributed by atoms with Gasteiger partial charge in [-0.3, -0.25) is 19.3 Å². The number of rotatable bonds is 5. The summed E-state index contributed by atoms with van der Waals surface area (Å²) in [5, 5.41) is 1.57. The molecule has 0 atom stereocenters. The van der Waals surface area contributed by atoms with E-state index >= 15 is 0 Å². The fourth-order valence-electron chi connectivity index (χ4n) is 2.59. The molecule has 1 aromatic heterocycles. The van der Waals surface area contributed by atoms with Gasteiger partial charge in [-0.25, -0.2) is 9.78 Å². The number of esters is 1. The van der Waals surface area contributed by atoms with Gasteiger partial charge in [0.15, 0.2) is 10.8 Å². The highest BCUT2D eigenvalue weighted by Gasteiger charge is 2.41. The van der Waals surface area contributed by atoms with Crippen molar-refractivity contribution >= 4 is 40.2 Å². The Balaban J connectivity index is 1.77. The normalized spacial score (nSPS) is 13.4. The van der Waals surface area contributed by atoms with Crippen molar-refractivity contribution < 1.29 is 37.1 Å². The molecule has 1 N–H and O–H groups in total. The summed E-state index contributed by atoms with van der Waals surface area (Å²) in [7, 11) is 0. The van der Waals surface area contributed by atoms with Gasteiger partial charge in [0.2, 0.25) is 5.91 Å². The number of hydrogen-bond acceptors (Lipinski definition) is 7. The number of halogens is 3.